The van der Waals surface area contributed by atoms with Gasteiger partial charge >= 0.3 is 0 Å². The summed E-state index contributed by atoms with van der Waals surface area (Å²) in [5, 5.41) is 12.5. The summed E-state index contributed by atoms with van der Waals surface area (Å²) in [7, 11) is 0. The second-order valence-corrected chi connectivity index (χ2v) is 4.59. The highest BCUT2D eigenvalue weighted by Gasteiger charge is 2.09. The molecule has 4 nitrogen and oxygen atoms in total. The third-order valence-corrected chi connectivity index (χ3v) is 2.93. The summed E-state index contributed by atoms with van der Waals surface area (Å²) in [5.41, 5.74) is 5.78. The van der Waals surface area contributed by atoms with Gasteiger partial charge in [-0.3, -0.25) is 9.97 Å². The minimum Gasteiger partial charge on any atom is -0.353 e. The fourth-order valence-corrected chi connectivity index (χ4v) is 2.03. The van der Waals surface area contributed by atoms with Gasteiger partial charge in [-0.2, -0.15) is 5.26 Å². The van der Waals surface area contributed by atoms with E-state index in [-0.39, 0.29) is 0 Å². The maximum absolute atomic E-state index is 9.24. The lowest BCUT2D eigenvalue weighted by molar-refractivity contribution is 1.10. The second-order valence-electron chi connectivity index (χ2n) is 4.59. The van der Waals surface area contributed by atoms with Crippen LogP contribution >= 0.6 is 0 Å². The van der Waals surface area contributed by atoms with Gasteiger partial charge in [-0.05, 0) is 45.9 Å². The average molecular weight is 252 g/mol. The molecule has 0 atom stereocenters. The molecule has 0 aliphatic carbocycles. The van der Waals surface area contributed by atoms with E-state index in [0.717, 1.165) is 34.2 Å². The monoisotopic (exact) mass is 252 g/mol. The minimum atomic E-state index is 0.575. The van der Waals surface area contributed by atoms with Crippen LogP contribution in [0.5, 0.6) is 0 Å². The van der Waals surface area contributed by atoms with Crippen molar-refractivity contribution < 1.29 is 0 Å². The Bertz CT molecular complexity index is 669. The lowest BCUT2D eigenvalue weighted by Gasteiger charge is -2.12. The Morgan fingerprint density at radius 2 is 1.63 bits per heavy atom. The van der Waals surface area contributed by atoms with Crippen molar-refractivity contribution >= 4 is 11.4 Å². The van der Waals surface area contributed by atoms with Gasteiger partial charge in [0.2, 0.25) is 0 Å². The molecule has 2 aromatic heterocycles. The minimum absolute atomic E-state index is 0.575. The number of aryl methyl sites for hydroxylation is 4. The summed E-state index contributed by atoms with van der Waals surface area (Å²) in [6, 6.07) is 8.00. The molecule has 2 heterocycles. The Morgan fingerprint density at radius 3 is 2.26 bits per heavy atom. The summed E-state index contributed by atoms with van der Waals surface area (Å²) in [5.74, 6) is 0. The van der Waals surface area contributed by atoms with Crippen LogP contribution in [0.15, 0.2) is 18.2 Å². The number of pyridine rings is 2. The Hall–Kier alpha value is -2.41. The van der Waals surface area contributed by atoms with Crippen LogP contribution in [0, 0.1) is 39.0 Å². The SMILES string of the molecule is Cc1ccc(Nc2cc(C)nc(C)c2C#N)c(C)n1. The number of hydrogen-bond acceptors (Lipinski definition) is 4. The zero-order valence-corrected chi connectivity index (χ0v) is 11.6. The first-order valence-corrected chi connectivity index (χ1v) is 6.11. The molecular weight excluding hydrogens is 236 g/mol. The number of rotatable bonds is 2. The summed E-state index contributed by atoms with van der Waals surface area (Å²) in [4.78, 5) is 8.71. The highest BCUT2D eigenvalue weighted by Crippen LogP contribution is 2.24. The van der Waals surface area contributed by atoms with Crippen molar-refractivity contribution in [2.24, 2.45) is 0 Å². The third-order valence-electron chi connectivity index (χ3n) is 2.93. The summed E-state index contributed by atoms with van der Waals surface area (Å²) >= 11 is 0. The van der Waals surface area contributed by atoms with Crippen LogP contribution in [-0.2, 0) is 0 Å². The maximum atomic E-state index is 9.24. The van der Waals surface area contributed by atoms with Crippen LogP contribution in [0.4, 0.5) is 11.4 Å². The molecule has 4 heteroatoms. The Labute approximate surface area is 113 Å². The van der Waals surface area contributed by atoms with E-state index in [1.165, 1.54) is 0 Å². The highest BCUT2D eigenvalue weighted by molar-refractivity contribution is 5.69. The van der Waals surface area contributed by atoms with Crippen LogP contribution in [0.25, 0.3) is 0 Å². The molecule has 0 unspecified atom stereocenters. The molecule has 0 saturated heterocycles. The molecule has 0 aliphatic heterocycles. The Kier molecular flexibility index (Phi) is 3.48. The van der Waals surface area contributed by atoms with Gasteiger partial charge < -0.3 is 5.32 Å². The molecule has 0 aromatic carbocycles. The Balaban J connectivity index is 2.46. The van der Waals surface area contributed by atoms with Crippen molar-refractivity contribution in [3.8, 4) is 6.07 Å². The highest BCUT2D eigenvalue weighted by atomic mass is 14.9. The first kappa shape index (κ1) is 13.0. The van der Waals surface area contributed by atoms with E-state index < -0.39 is 0 Å². The molecule has 19 heavy (non-hydrogen) atoms. The van der Waals surface area contributed by atoms with Crippen molar-refractivity contribution in [1.29, 1.82) is 5.26 Å². The number of anilines is 2. The van der Waals surface area contributed by atoms with E-state index in [4.69, 9.17) is 0 Å². The van der Waals surface area contributed by atoms with Crippen molar-refractivity contribution in [3.63, 3.8) is 0 Å². The van der Waals surface area contributed by atoms with Crippen molar-refractivity contribution in [3.05, 3.63) is 46.5 Å². The van der Waals surface area contributed by atoms with Gasteiger partial charge in [0, 0.05) is 11.4 Å². The normalized spacial score (nSPS) is 10.1. The zero-order chi connectivity index (χ0) is 14.0. The van der Waals surface area contributed by atoms with Gasteiger partial charge in [0.1, 0.15) is 6.07 Å². The molecule has 2 aromatic rings. The number of nitriles is 1. The third kappa shape index (κ3) is 2.71. The largest absolute Gasteiger partial charge is 0.353 e. The van der Waals surface area contributed by atoms with Crippen molar-refractivity contribution in [2.75, 3.05) is 5.32 Å². The van der Waals surface area contributed by atoms with Crippen LogP contribution in [0.3, 0.4) is 0 Å². The number of hydrogen-bond donors (Lipinski definition) is 1. The Morgan fingerprint density at radius 1 is 0.947 bits per heavy atom. The zero-order valence-electron chi connectivity index (χ0n) is 11.6. The van der Waals surface area contributed by atoms with E-state index >= 15 is 0 Å². The quantitative estimate of drug-likeness (QED) is 0.890. The molecule has 0 radical (unpaired) electrons. The molecule has 1 N–H and O–H groups in total. The van der Waals surface area contributed by atoms with Crippen molar-refractivity contribution in [2.45, 2.75) is 27.7 Å². The predicted molar refractivity (Wildman–Crippen MR) is 75.4 cm³/mol. The van der Waals surface area contributed by atoms with Gasteiger partial charge in [0.05, 0.1) is 28.3 Å². The summed E-state index contributed by atoms with van der Waals surface area (Å²) in [6.45, 7) is 7.66. The van der Waals surface area contributed by atoms with E-state index in [1.807, 2.05) is 45.9 Å². The smallest absolute Gasteiger partial charge is 0.103 e. The van der Waals surface area contributed by atoms with Crippen molar-refractivity contribution in [1.82, 2.24) is 9.97 Å². The molecule has 0 fully saturated rings. The first-order valence-electron chi connectivity index (χ1n) is 6.11. The topological polar surface area (TPSA) is 61.6 Å². The molecule has 0 bridgehead atoms. The lowest BCUT2D eigenvalue weighted by atomic mass is 10.1. The van der Waals surface area contributed by atoms with Crippen LogP contribution in [0.2, 0.25) is 0 Å². The maximum Gasteiger partial charge on any atom is 0.103 e. The van der Waals surface area contributed by atoms with E-state index in [0.29, 0.717) is 5.56 Å². The second kappa shape index (κ2) is 5.07. The predicted octanol–water partition coefficient (Wildman–Crippen LogP) is 3.33. The number of nitrogens with zero attached hydrogens (tertiary/aromatic N) is 3. The molecule has 0 amide bonds. The molecule has 2 rings (SSSR count). The van der Waals surface area contributed by atoms with Gasteiger partial charge in [-0.15, -0.1) is 0 Å². The average Bonchev–Trinajstić information content (AvgIpc) is 2.32. The summed E-state index contributed by atoms with van der Waals surface area (Å²) < 4.78 is 0. The van der Waals surface area contributed by atoms with E-state index in [1.54, 1.807) is 0 Å². The first-order chi connectivity index (χ1) is 9.01. The van der Waals surface area contributed by atoms with Gasteiger partial charge in [-0.1, -0.05) is 0 Å². The fraction of sp³-hybridized carbons (Fsp3) is 0.267. The molecule has 0 spiro atoms. The molecule has 0 saturated carbocycles. The van der Waals surface area contributed by atoms with E-state index in [2.05, 4.69) is 21.4 Å². The lowest BCUT2D eigenvalue weighted by Crippen LogP contribution is -2.02. The van der Waals surface area contributed by atoms with Crippen LogP contribution in [-0.4, -0.2) is 9.97 Å². The standard InChI is InChI=1S/C15H16N4/c1-9-5-6-14(12(4)17-9)19-15-7-10(2)18-11(3)13(15)8-16/h5-7H,1-4H3,(H,18,19). The van der Waals surface area contributed by atoms with Gasteiger partial charge in [0.25, 0.3) is 0 Å². The van der Waals surface area contributed by atoms with Gasteiger partial charge in [-0.25, -0.2) is 0 Å². The van der Waals surface area contributed by atoms with Crippen LogP contribution < -0.4 is 5.32 Å². The molecule has 96 valence electrons. The summed E-state index contributed by atoms with van der Waals surface area (Å²) in [6.07, 6.45) is 0. The van der Waals surface area contributed by atoms with Crippen LogP contribution in [0.1, 0.15) is 28.3 Å². The van der Waals surface area contributed by atoms with E-state index in [9.17, 15) is 5.26 Å². The molecular formula is C15H16N4. The number of nitrogens with one attached hydrogen (secondary N) is 1. The fourth-order valence-electron chi connectivity index (χ4n) is 2.03. The number of aromatic nitrogens is 2. The molecule has 0 aliphatic rings. The van der Waals surface area contributed by atoms with Gasteiger partial charge in [0.15, 0.2) is 0 Å².